The second kappa shape index (κ2) is 7.93. The van der Waals surface area contributed by atoms with Crippen LogP contribution in [0.3, 0.4) is 0 Å². The van der Waals surface area contributed by atoms with E-state index in [1.807, 2.05) is 19.9 Å². The molecule has 7 nitrogen and oxygen atoms in total. The highest BCUT2D eigenvalue weighted by Crippen LogP contribution is 2.28. The standard InChI is InChI=1S/C20H21N3O4S/c1-3-4-5-17-22-19(24)18(20(25)23-17)28(26,27)15-8-6-14(7-9-15)16-10-11-21-12-13(16)2/h6-12H,3-5H2,1-2H3,(H2,22,23,24,25). The van der Waals surface area contributed by atoms with Gasteiger partial charge < -0.3 is 10.1 Å². The Hall–Kier alpha value is -3.00. The quantitative estimate of drug-likeness (QED) is 0.659. The summed E-state index contributed by atoms with van der Waals surface area (Å²) in [5.41, 5.74) is 1.85. The van der Waals surface area contributed by atoms with Gasteiger partial charge in [-0.15, -0.1) is 0 Å². The van der Waals surface area contributed by atoms with E-state index in [9.17, 15) is 18.3 Å². The van der Waals surface area contributed by atoms with Gasteiger partial charge in [0.15, 0.2) is 4.90 Å². The number of aromatic nitrogens is 3. The molecule has 2 aromatic heterocycles. The van der Waals surface area contributed by atoms with Crippen LogP contribution in [0.5, 0.6) is 5.88 Å². The fourth-order valence-electron chi connectivity index (χ4n) is 2.93. The maximum absolute atomic E-state index is 12.9. The third-order valence-corrected chi connectivity index (χ3v) is 6.24. The highest BCUT2D eigenvalue weighted by atomic mass is 32.2. The number of hydrogen-bond acceptors (Lipinski definition) is 6. The predicted molar refractivity (Wildman–Crippen MR) is 105 cm³/mol. The lowest BCUT2D eigenvalue weighted by atomic mass is 10.0. The van der Waals surface area contributed by atoms with Crippen LogP contribution in [0, 0.1) is 6.92 Å². The summed E-state index contributed by atoms with van der Waals surface area (Å²) < 4.78 is 25.8. The van der Waals surface area contributed by atoms with Crippen molar-refractivity contribution in [3.05, 3.63) is 64.5 Å². The number of nitrogens with one attached hydrogen (secondary N) is 1. The molecule has 3 rings (SSSR count). The largest absolute Gasteiger partial charge is 0.492 e. The van der Waals surface area contributed by atoms with E-state index in [1.165, 1.54) is 12.1 Å². The van der Waals surface area contributed by atoms with Crippen molar-refractivity contribution < 1.29 is 13.5 Å². The number of aromatic hydroxyl groups is 1. The van der Waals surface area contributed by atoms with E-state index >= 15 is 0 Å². The van der Waals surface area contributed by atoms with Gasteiger partial charge in [-0.2, -0.15) is 4.98 Å². The lowest BCUT2D eigenvalue weighted by Crippen LogP contribution is -2.21. The second-order valence-corrected chi connectivity index (χ2v) is 8.37. The summed E-state index contributed by atoms with van der Waals surface area (Å²) in [6, 6.07) is 7.98. The van der Waals surface area contributed by atoms with Crippen molar-refractivity contribution >= 4 is 9.84 Å². The van der Waals surface area contributed by atoms with Crippen molar-refractivity contribution in [1.82, 2.24) is 15.0 Å². The molecule has 0 fully saturated rings. The van der Waals surface area contributed by atoms with Gasteiger partial charge in [-0.25, -0.2) is 8.42 Å². The number of rotatable bonds is 6. The zero-order chi connectivity index (χ0) is 20.3. The normalized spacial score (nSPS) is 11.5. The van der Waals surface area contributed by atoms with E-state index in [-0.39, 0.29) is 10.7 Å². The Morgan fingerprint density at radius 1 is 1.14 bits per heavy atom. The minimum atomic E-state index is -4.22. The number of aromatic amines is 1. The number of sulfone groups is 1. The molecule has 0 radical (unpaired) electrons. The number of hydrogen-bond donors (Lipinski definition) is 2. The predicted octanol–water partition coefficient (Wildman–Crippen LogP) is 3.02. The van der Waals surface area contributed by atoms with Crippen molar-refractivity contribution in [3.8, 4) is 17.0 Å². The van der Waals surface area contributed by atoms with Crippen molar-refractivity contribution in [1.29, 1.82) is 0 Å². The lowest BCUT2D eigenvalue weighted by Gasteiger charge is -2.09. The molecule has 2 N–H and O–H groups in total. The van der Waals surface area contributed by atoms with Crippen LogP contribution in [0.25, 0.3) is 11.1 Å². The van der Waals surface area contributed by atoms with Crippen LogP contribution in [-0.4, -0.2) is 28.5 Å². The lowest BCUT2D eigenvalue weighted by molar-refractivity contribution is 0.428. The number of aryl methyl sites for hydroxylation is 2. The van der Waals surface area contributed by atoms with Gasteiger partial charge in [-0.1, -0.05) is 25.5 Å². The van der Waals surface area contributed by atoms with Crippen LogP contribution in [0.4, 0.5) is 0 Å². The van der Waals surface area contributed by atoms with Crippen molar-refractivity contribution in [3.63, 3.8) is 0 Å². The molecule has 0 saturated heterocycles. The number of unbranched alkanes of at least 4 members (excludes halogenated alkanes) is 1. The van der Waals surface area contributed by atoms with Gasteiger partial charge in [-0.05, 0) is 48.2 Å². The molecule has 1 aromatic carbocycles. The molecule has 0 atom stereocenters. The molecule has 0 amide bonds. The van der Waals surface area contributed by atoms with E-state index in [1.54, 1.807) is 24.5 Å². The maximum Gasteiger partial charge on any atom is 0.274 e. The Bertz CT molecular complexity index is 1150. The Balaban J connectivity index is 2.00. The SMILES string of the molecule is CCCCc1nc(O)c(S(=O)(=O)c2ccc(-c3ccncc3C)cc2)c(=O)[nH]1. The Morgan fingerprint density at radius 3 is 2.46 bits per heavy atom. The average Bonchev–Trinajstić information content (AvgIpc) is 2.66. The molecule has 0 bridgehead atoms. The van der Waals surface area contributed by atoms with E-state index in [0.717, 1.165) is 29.5 Å². The summed E-state index contributed by atoms with van der Waals surface area (Å²) in [7, 11) is -4.22. The third kappa shape index (κ3) is 3.82. The number of H-pyrrole nitrogens is 1. The molecule has 0 aliphatic rings. The van der Waals surface area contributed by atoms with E-state index < -0.39 is 26.2 Å². The molecule has 2 heterocycles. The molecule has 0 aliphatic heterocycles. The minimum Gasteiger partial charge on any atom is -0.492 e. The molecule has 8 heteroatoms. The van der Waals surface area contributed by atoms with Crippen LogP contribution in [0.2, 0.25) is 0 Å². The highest BCUT2D eigenvalue weighted by molar-refractivity contribution is 7.91. The monoisotopic (exact) mass is 399 g/mol. The maximum atomic E-state index is 12.9. The van der Waals surface area contributed by atoms with Gasteiger partial charge in [0.05, 0.1) is 4.90 Å². The molecule has 0 saturated carbocycles. The van der Waals surface area contributed by atoms with Crippen molar-refractivity contribution in [2.75, 3.05) is 0 Å². The van der Waals surface area contributed by atoms with Crippen LogP contribution < -0.4 is 5.56 Å². The summed E-state index contributed by atoms with van der Waals surface area (Å²) in [6.45, 7) is 3.89. The van der Waals surface area contributed by atoms with Gasteiger partial charge >= 0.3 is 0 Å². The van der Waals surface area contributed by atoms with Crippen LogP contribution in [0.1, 0.15) is 31.2 Å². The fourth-order valence-corrected chi connectivity index (χ4v) is 4.24. The van der Waals surface area contributed by atoms with Crippen LogP contribution >= 0.6 is 0 Å². The zero-order valence-corrected chi connectivity index (χ0v) is 16.5. The minimum absolute atomic E-state index is 0.0909. The van der Waals surface area contributed by atoms with Crippen molar-refractivity contribution in [2.45, 2.75) is 42.9 Å². The first kappa shape index (κ1) is 19.8. The first-order valence-corrected chi connectivity index (χ1v) is 10.4. The van der Waals surface area contributed by atoms with Crippen LogP contribution in [0.15, 0.2) is 57.3 Å². The molecule has 0 unspecified atom stereocenters. The number of benzene rings is 1. The van der Waals surface area contributed by atoms with Gasteiger partial charge in [0.2, 0.25) is 15.7 Å². The first-order chi connectivity index (χ1) is 13.3. The second-order valence-electron chi connectivity index (χ2n) is 6.49. The van der Waals surface area contributed by atoms with Gasteiger partial charge in [0.1, 0.15) is 5.82 Å². The molecule has 146 valence electrons. The summed E-state index contributed by atoms with van der Waals surface area (Å²) in [5.74, 6) is -0.504. The fraction of sp³-hybridized carbons (Fsp3) is 0.250. The molecule has 3 aromatic rings. The number of pyridine rings is 1. The smallest absolute Gasteiger partial charge is 0.274 e. The topological polar surface area (TPSA) is 113 Å². The Labute approximate surface area is 163 Å². The molecule has 28 heavy (non-hydrogen) atoms. The van der Waals surface area contributed by atoms with E-state index in [2.05, 4.69) is 15.0 Å². The summed E-state index contributed by atoms with van der Waals surface area (Å²) in [4.78, 5) is 21.9. The summed E-state index contributed by atoms with van der Waals surface area (Å²) in [5, 5.41) is 10.1. The Kier molecular flexibility index (Phi) is 5.60. The summed E-state index contributed by atoms with van der Waals surface area (Å²) in [6.07, 6.45) is 5.50. The zero-order valence-electron chi connectivity index (χ0n) is 15.6. The number of nitrogens with zero attached hydrogens (tertiary/aromatic N) is 2. The molecular weight excluding hydrogens is 378 g/mol. The molecule has 0 spiro atoms. The van der Waals surface area contributed by atoms with Gasteiger partial charge in [0, 0.05) is 18.8 Å². The van der Waals surface area contributed by atoms with E-state index in [4.69, 9.17) is 0 Å². The summed E-state index contributed by atoms with van der Waals surface area (Å²) >= 11 is 0. The van der Waals surface area contributed by atoms with Gasteiger partial charge in [-0.3, -0.25) is 9.78 Å². The Morgan fingerprint density at radius 2 is 1.86 bits per heavy atom. The first-order valence-electron chi connectivity index (χ1n) is 8.93. The molecular formula is C20H21N3O4S. The third-order valence-electron chi connectivity index (χ3n) is 4.44. The average molecular weight is 399 g/mol. The van der Waals surface area contributed by atoms with Crippen molar-refractivity contribution in [2.24, 2.45) is 0 Å². The highest BCUT2D eigenvalue weighted by Gasteiger charge is 2.27. The molecule has 0 aliphatic carbocycles. The van der Waals surface area contributed by atoms with E-state index in [0.29, 0.717) is 6.42 Å². The van der Waals surface area contributed by atoms with Gasteiger partial charge in [0.25, 0.3) is 5.56 Å². The van der Waals surface area contributed by atoms with Crippen LogP contribution in [-0.2, 0) is 16.3 Å².